The number of nitrogens with zero attached hydrogens (tertiary/aromatic N) is 1. The van der Waals surface area contributed by atoms with E-state index < -0.39 is 17.7 Å². The van der Waals surface area contributed by atoms with Crippen molar-refractivity contribution in [2.75, 3.05) is 5.32 Å². The van der Waals surface area contributed by atoms with Crippen molar-refractivity contribution in [3.8, 4) is 0 Å². The van der Waals surface area contributed by atoms with Crippen molar-refractivity contribution in [2.24, 2.45) is 7.05 Å². The molecule has 0 amide bonds. The molecule has 0 saturated carbocycles. The van der Waals surface area contributed by atoms with Crippen LogP contribution in [-0.2, 0) is 31.0 Å². The van der Waals surface area contributed by atoms with Crippen LogP contribution in [0.4, 0.5) is 19.0 Å². The van der Waals surface area contributed by atoms with Crippen molar-refractivity contribution in [1.82, 2.24) is 4.57 Å². The number of hydrogen-bond acceptors (Lipinski definition) is 2. The van der Waals surface area contributed by atoms with Crippen LogP contribution in [0.25, 0.3) is 10.9 Å². The van der Waals surface area contributed by atoms with Crippen LogP contribution in [-0.4, -0.2) is 15.6 Å². The summed E-state index contributed by atoms with van der Waals surface area (Å²) in [5.41, 5.74) is 1.23. The Bertz CT molecular complexity index is 961. The zero-order valence-corrected chi connectivity index (χ0v) is 14.0. The molecule has 0 radical (unpaired) electrons. The van der Waals surface area contributed by atoms with Gasteiger partial charge in [0.2, 0.25) is 0 Å². The van der Waals surface area contributed by atoms with Crippen LogP contribution >= 0.6 is 0 Å². The number of benzene rings is 2. The molecule has 1 aromatic heterocycles. The number of anilines is 1. The Hall–Kier alpha value is -2.96. The number of carboxylic acid groups (broad SMARTS) is 1. The maximum absolute atomic E-state index is 12.9. The van der Waals surface area contributed by atoms with Gasteiger partial charge in [0.05, 0.1) is 12.0 Å². The average molecular weight is 362 g/mol. The minimum absolute atomic E-state index is 0.153. The molecular weight excluding hydrogens is 345 g/mol. The molecular formula is C19H17F3N2O2. The zero-order chi connectivity index (χ0) is 18.9. The number of carboxylic acids is 1. The topological polar surface area (TPSA) is 54.3 Å². The maximum Gasteiger partial charge on any atom is 0.416 e. The van der Waals surface area contributed by atoms with Crippen molar-refractivity contribution in [2.45, 2.75) is 19.1 Å². The van der Waals surface area contributed by atoms with E-state index in [0.717, 1.165) is 23.0 Å². The van der Waals surface area contributed by atoms with Crippen LogP contribution < -0.4 is 5.32 Å². The van der Waals surface area contributed by atoms with Gasteiger partial charge in [-0.25, -0.2) is 0 Å². The molecule has 26 heavy (non-hydrogen) atoms. The number of nitrogens with one attached hydrogen (secondary N) is 1. The Labute approximate surface area is 147 Å². The van der Waals surface area contributed by atoms with Gasteiger partial charge in [-0.2, -0.15) is 13.2 Å². The third kappa shape index (κ3) is 3.51. The summed E-state index contributed by atoms with van der Waals surface area (Å²) in [6, 6.07) is 12.5. The highest BCUT2D eigenvalue weighted by Crippen LogP contribution is 2.32. The minimum Gasteiger partial charge on any atom is -0.481 e. The largest absolute Gasteiger partial charge is 0.481 e. The number of aryl methyl sites for hydroxylation is 1. The molecule has 0 saturated heterocycles. The van der Waals surface area contributed by atoms with Gasteiger partial charge in [-0.1, -0.05) is 30.3 Å². The first kappa shape index (κ1) is 17.8. The lowest BCUT2D eigenvalue weighted by atomic mass is 10.1. The van der Waals surface area contributed by atoms with Gasteiger partial charge >= 0.3 is 12.1 Å². The summed E-state index contributed by atoms with van der Waals surface area (Å²) in [5.74, 6) is -0.380. The highest BCUT2D eigenvalue weighted by atomic mass is 19.4. The first-order chi connectivity index (χ1) is 12.3. The molecule has 0 aliphatic heterocycles. The lowest BCUT2D eigenvalue weighted by Crippen LogP contribution is -2.10. The molecule has 136 valence electrons. The summed E-state index contributed by atoms with van der Waals surface area (Å²) in [6.45, 7) is 0.153. The molecule has 0 spiro atoms. The second-order valence-corrected chi connectivity index (χ2v) is 6.03. The standard InChI is InChI=1S/C19H17F3N2O2/c1-24-16-8-3-2-7-14(16)15(10-17(25)26)18(24)23-11-12-5-4-6-13(9-12)19(20,21)22/h2-9,23H,10-11H2,1H3,(H,25,26). The van der Waals surface area contributed by atoms with Gasteiger partial charge in [0, 0.05) is 30.1 Å². The Kier molecular flexibility index (Phi) is 4.63. The van der Waals surface area contributed by atoms with E-state index in [9.17, 15) is 23.1 Å². The number of alkyl halides is 3. The number of para-hydroxylation sites is 1. The number of hydrogen-bond donors (Lipinski definition) is 2. The first-order valence-electron chi connectivity index (χ1n) is 7.95. The van der Waals surface area contributed by atoms with Gasteiger partial charge in [0.15, 0.2) is 0 Å². The summed E-state index contributed by atoms with van der Waals surface area (Å²) in [7, 11) is 1.79. The number of halogens is 3. The van der Waals surface area contributed by atoms with Crippen LogP contribution in [0.2, 0.25) is 0 Å². The van der Waals surface area contributed by atoms with E-state index >= 15 is 0 Å². The molecule has 2 aromatic carbocycles. The van der Waals surface area contributed by atoms with Gasteiger partial charge < -0.3 is 15.0 Å². The highest BCUT2D eigenvalue weighted by Gasteiger charge is 2.30. The molecule has 0 atom stereocenters. The number of carbonyl (C=O) groups is 1. The normalized spacial score (nSPS) is 11.7. The summed E-state index contributed by atoms with van der Waals surface area (Å²) in [5, 5.41) is 13.1. The van der Waals surface area contributed by atoms with E-state index in [2.05, 4.69) is 5.32 Å². The lowest BCUT2D eigenvalue weighted by molar-refractivity contribution is -0.138. The molecule has 0 unspecified atom stereocenters. The molecule has 7 heteroatoms. The maximum atomic E-state index is 12.9. The second-order valence-electron chi connectivity index (χ2n) is 6.03. The van der Waals surface area contributed by atoms with Crippen molar-refractivity contribution in [3.05, 3.63) is 65.2 Å². The molecule has 1 heterocycles. The highest BCUT2D eigenvalue weighted by molar-refractivity contribution is 5.93. The average Bonchev–Trinajstić information content (AvgIpc) is 2.84. The number of aromatic nitrogens is 1. The fraction of sp³-hybridized carbons (Fsp3) is 0.211. The quantitative estimate of drug-likeness (QED) is 0.706. The fourth-order valence-corrected chi connectivity index (χ4v) is 3.07. The number of fused-ring (bicyclic) bond motifs is 1. The van der Waals surface area contributed by atoms with E-state index in [-0.39, 0.29) is 13.0 Å². The zero-order valence-electron chi connectivity index (χ0n) is 14.0. The van der Waals surface area contributed by atoms with Crippen LogP contribution in [0.1, 0.15) is 16.7 Å². The number of aliphatic carboxylic acids is 1. The third-order valence-corrected chi connectivity index (χ3v) is 4.25. The summed E-state index contributed by atoms with van der Waals surface area (Å²) in [4.78, 5) is 11.2. The van der Waals surface area contributed by atoms with Crippen molar-refractivity contribution < 1.29 is 23.1 Å². The Morgan fingerprint density at radius 1 is 1.15 bits per heavy atom. The Balaban J connectivity index is 1.94. The molecule has 0 aliphatic rings. The molecule has 3 rings (SSSR count). The van der Waals surface area contributed by atoms with Crippen LogP contribution in [0.5, 0.6) is 0 Å². The Morgan fingerprint density at radius 2 is 1.88 bits per heavy atom. The predicted octanol–water partition coefficient (Wildman–Crippen LogP) is 4.44. The smallest absolute Gasteiger partial charge is 0.416 e. The second kappa shape index (κ2) is 6.74. The number of rotatable bonds is 5. The van der Waals surface area contributed by atoms with Crippen LogP contribution in [0, 0.1) is 0 Å². The molecule has 0 fully saturated rings. The monoisotopic (exact) mass is 362 g/mol. The summed E-state index contributed by atoms with van der Waals surface area (Å²) >= 11 is 0. The van der Waals surface area contributed by atoms with E-state index in [1.165, 1.54) is 6.07 Å². The van der Waals surface area contributed by atoms with Gasteiger partial charge in [0.1, 0.15) is 5.82 Å². The van der Waals surface area contributed by atoms with Gasteiger partial charge in [-0.3, -0.25) is 4.79 Å². The fourth-order valence-electron chi connectivity index (χ4n) is 3.07. The van der Waals surface area contributed by atoms with E-state index in [1.54, 1.807) is 13.1 Å². The van der Waals surface area contributed by atoms with Gasteiger partial charge in [-0.15, -0.1) is 0 Å². The van der Waals surface area contributed by atoms with Crippen molar-refractivity contribution in [1.29, 1.82) is 0 Å². The van der Waals surface area contributed by atoms with E-state index in [1.807, 2.05) is 28.8 Å². The predicted molar refractivity (Wildman–Crippen MR) is 93.0 cm³/mol. The van der Waals surface area contributed by atoms with Crippen LogP contribution in [0.3, 0.4) is 0 Å². The lowest BCUT2D eigenvalue weighted by Gasteiger charge is -2.12. The van der Waals surface area contributed by atoms with Crippen molar-refractivity contribution >= 4 is 22.7 Å². The van der Waals surface area contributed by atoms with E-state index in [0.29, 0.717) is 16.9 Å². The molecule has 0 bridgehead atoms. The molecule has 3 aromatic rings. The SMILES string of the molecule is Cn1c(NCc2cccc(C(F)(F)F)c2)c(CC(=O)O)c2ccccc21. The van der Waals surface area contributed by atoms with Crippen molar-refractivity contribution in [3.63, 3.8) is 0 Å². The van der Waals surface area contributed by atoms with Gasteiger partial charge in [0.25, 0.3) is 0 Å². The van der Waals surface area contributed by atoms with E-state index in [4.69, 9.17) is 0 Å². The molecule has 2 N–H and O–H groups in total. The summed E-state index contributed by atoms with van der Waals surface area (Å²) < 4.78 is 40.4. The summed E-state index contributed by atoms with van der Waals surface area (Å²) in [6.07, 6.45) is -4.57. The van der Waals surface area contributed by atoms with Crippen LogP contribution in [0.15, 0.2) is 48.5 Å². The molecule has 0 aliphatic carbocycles. The molecule has 4 nitrogen and oxygen atoms in total. The first-order valence-corrected chi connectivity index (χ1v) is 7.95. The third-order valence-electron chi connectivity index (χ3n) is 4.25. The Morgan fingerprint density at radius 3 is 2.58 bits per heavy atom. The van der Waals surface area contributed by atoms with Gasteiger partial charge in [-0.05, 0) is 23.8 Å². The minimum atomic E-state index is -4.40.